The second-order valence-corrected chi connectivity index (χ2v) is 1.79. The minimum Gasteiger partial charge on any atom is -0.340 e. The normalized spacial score (nSPS) is 9.89. The van der Waals surface area contributed by atoms with E-state index < -0.39 is 13.0 Å². The first-order valence-corrected chi connectivity index (χ1v) is 2.54. The van der Waals surface area contributed by atoms with Crippen LogP contribution in [0.15, 0.2) is 0 Å². The van der Waals surface area contributed by atoms with Crippen LogP contribution in [0.25, 0.3) is 0 Å². The topological polar surface area (TPSA) is 20.3 Å². The van der Waals surface area contributed by atoms with Gasteiger partial charge >= 0.3 is 0 Å². The molecule has 0 radical (unpaired) electrons. The molecule has 0 aliphatic carbocycles. The van der Waals surface area contributed by atoms with Gasteiger partial charge in [0.25, 0.3) is 6.43 Å². The van der Waals surface area contributed by atoms with Crippen LogP contribution in [0.3, 0.4) is 0 Å². The first kappa shape index (κ1) is 8.33. The Morgan fingerprint density at radius 2 is 2.11 bits per heavy atom. The van der Waals surface area contributed by atoms with Gasteiger partial charge in [0.2, 0.25) is 5.91 Å². The molecule has 0 aliphatic rings. The zero-order valence-corrected chi connectivity index (χ0v) is 5.40. The minimum atomic E-state index is -2.43. The molecular formula is C5H9F2NO. The molecule has 0 saturated carbocycles. The summed E-state index contributed by atoms with van der Waals surface area (Å²) in [5.41, 5.74) is 0. The molecule has 0 atom stereocenters. The maximum Gasteiger partial charge on any atom is 0.255 e. The van der Waals surface area contributed by atoms with Crippen LogP contribution in [-0.4, -0.2) is 30.8 Å². The maximum absolute atomic E-state index is 11.5. The van der Waals surface area contributed by atoms with Gasteiger partial charge in [-0.15, -0.1) is 0 Å². The van der Waals surface area contributed by atoms with Crippen molar-refractivity contribution in [2.75, 3.05) is 13.6 Å². The van der Waals surface area contributed by atoms with Crippen LogP contribution in [0.5, 0.6) is 0 Å². The van der Waals surface area contributed by atoms with Crippen LogP contribution >= 0.6 is 0 Å². The molecular weight excluding hydrogens is 128 g/mol. The predicted molar refractivity (Wildman–Crippen MR) is 29.3 cm³/mol. The van der Waals surface area contributed by atoms with Gasteiger partial charge in [0.1, 0.15) is 0 Å². The van der Waals surface area contributed by atoms with Crippen molar-refractivity contribution in [2.45, 2.75) is 13.3 Å². The quantitative estimate of drug-likeness (QED) is 0.549. The van der Waals surface area contributed by atoms with Crippen LogP contribution in [-0.2, 0) is 4.79 Å². The second kappa shape index (κ2) is 3.37. The maximum atomic E-state index is 11.5. The SMILES string of the molecule is CC(=O)N(C)CC(F)F. The van der Waals surface area contributed by atoms with Crippen molar-refractivity contribution in [2.24, 2.45) is 0 Å². The standard InChI is InChI=1S/C5H9F2NO/c1-4(9)8(2)3-5(6)7/h5H,3H2,1-2H3. The first-order valence-electron chi connectivity index (χ1n) is 2.54. The molecule has 0 aromatic heterocycles. The molecule has 0 unspecified atom stereocenters. The van der Waals surface area contributed by atoms with Gasteiger partial charge in [-0.25, -0.2) is 8.78 Å². The van der Waals surface area contributed by atoms with E-state index >= 15 is 0 Å². The summed E-state index contributed by atoms with van der Waals surface area (Å²) in [6.07, 6.45) is -2.43. The number of hydrogen-bond donors (Lipinski definition) is 0. The number of hydrogen-bond acceptors (Lipinski definition) is 1. The highest BCUT2D eigenvalue weighted by Crippen LogP contribution is 1.94. The summed E-state index contributed by atoms with van der Waals surface area (Å²) < 4.78 is 22.9. The summed E-state index contributed by atoms with van der Waals surface area (Å²) in [6.45, 7) is 0.776. The molecule has 0 fully saturated rings. The molecule has 0 bridgehead atoms. The van der Waals surface area contributed by atoms with Gasteiger partial charge < -0.3 is 4.90 Å². The van der Waals surface area contributed by atoms with Gasteiger partial charge in [-0.2, -0.15) is 0 Å². The molecule has 0 heterocycles. The summed E-state index contributed by atoms with van der Waals surface area (Å²) in [5, 5.41) is 0. The van der Waals surface area contributed by atoms with Crippen molar-refractivity contribution < 1.29 is 13.6 Å². The molecule has 4 heteroatoms. The van der Waals surface area contributed by atoms with Crippen molar-refractivity contribution in [3.63, 3.8) is 0 Å². The molecule has 0 rings (SSSR count). The minimum absolute atomic E-state index is 0.338. The summed E-state index contributed by atoms with van der Waals surface area (Å²) in [7, 11) is 1.34. The Morgan fingerprint density at radius 1 is 1.67 bits per heavy atom. The lowest BCUT2D eigenvalue weighted by atomic mass is 10.5. The van der Waals surface area contributed by atoms with Crippen molar-refractivity contribution in [1.82, 2.24) is 4.90 Å². The number of nitrogens with zero attached hydrogens (tertiary/aromatic N) is 1. The summed E-state index contributed by atoms with van der Waals surface area (Å²) in [5.74, 6) is -0.338. The largest absolute Gasteiger partial charge is 0.340 e. The summed E-state index contributed by atoms with van der Waals surface area (Å²) >= 11 is 0. The fraction of sp³-hybridized carbons (Fsp3) is 0.800. The number of carbonyl (C=O) groups is 1. The Bertz CT molecular complexity index is 105. The number of carbonyl (C=O) groups excluding carboxylic acids is 1. The van der Waals surface area contributed by atoms with Crippen LogP contribution in [0, 0.1) is 0 Å². The van der Waals surface area contributed by atoms with Crippen LogP contribution in [0.1, 0.15) is 6.92 Å². The van der Waals surface area contributed by atoms with E-state index in [1.54, 1.807) is 0 Å². The zero-order valence-electron chi connectivity index (χ0n) is 5.40. The Kier molecular flexibility index (Phi) is 3.12. The lowest BCUT2D eigenvalue weighted by molar-refractivity contribution is -0.129. The van der Waals surface area contributed by atoms with E-state index in [1.165, 1.54) is 14.0 Å². The fourth-order valence-corrected chi connectivity index (χ4v) is 0.336. The molecule has 0 saturated heterocycles. The van der Waals surface area contributed by atoms with E-state index in [-0.39, 0.29) is 5.91 Å². The van der Waals surface area contributed by atoms with Crippen molar-refractivity contribution >= 4 is 5.91 Å². The van der Waals surface area contributed by atoms with Gasteiger partial charge in [0.05, 0.1) is 6.54 Å². The van der Waals surface area contributed by atoms with Gasteiger partial charge in [0.15, 0.2) is 0 Å². The summed E-state index contributed by atoms with van der Waals surface area (Å²) in [4.78, 5) is 11.2. The molecule has 0 aromatic carbocycles. The highest BCUT2D eigenvalue weighted by atomic mass is 19.3. The molecule has 0 aliphatic heterocycles. The first-order chi connectivity index (χ1) is 4.04. The van der Waals surface area contributed by atoms with Crippen molar-refractivity contribution in [3.05, 3.63) is 0 Å². The van der Waals surface area contributed by atoms with Crippen molar-refractivity contribution in [3.8, 4) is 0 Å². The average Bonchev–Trinajstić information content (AvgIpc) is 1.63. The van der Waals surface area contributed by atoms with E-state index in [0.29, 0.717) is 0 Å². The van der Waals surface area contributed by atoms with Gasteiger partial charge in [-0.3, -0.25) is 4.79 Å². The Morgan fingerprint density at radius 3 is 2.22 bits per heavy atom. The lowest BCUT2D eigenvalue weighted by Gasteiger charge is -2.12. The third kappa shape index (κ3) is 3.88. The third-order valence-electron chi connectivity index (χ3n) is 0.949. The van der Waals surface area contributed by atoms with Crippen molar-refractivity contribution in [1.29, 1.82) is 0 Å². The smallest absolute Gasteiger partial charge is 0.255 e. The van der Waals surface area contributed by atoms with Crippen LogP contribution in [0.4, 0.5) is 8.78 Å². The number of rotatable bonds is 2. The molecule has 0 spiro atoms. The van der Waals surface area contributed by atoms with E-state index in [4.69, 9.17) is 0 Å². The van der Waals surface area contributed by atoms with Crippen LogP contribution < -0.4 is 0 Å². The van der Waals surface area contributed by atoms with Gasteiger partial charge in [-0.1, -0.05) is 0 Å². The monoisotopic (exact) mass is 137 g/mol. The predicted octanol–water partition coefficient (Wildman–Crippen LogP) is 0.730. The molecule has 0 N–H and O–H groups in total. The van der Waals surface area contributed by atoms with E-state index in [1.807, 2.05) is 0 Å². The second-order valence-electron chi connectivity index (χ2n) is 1.79. The Hall–Kier alpha value is -0.670. The van der Waals surface area contributed by atoms with Crippen LogP contribution in [0.2, 0.25) is 0 Å². The highest BCUT2D eigenvalue weighted by Gasteiger charge is 2.08. The average molecular weight is 137 g/mol. The molecule has 54 valence electrons. The Balaban J connectivity index is 3.50. The molecule has 1 amide bonds. The molecule has 0 aromatic rings. The fourth-order valence-electron chi connectivity index (χ4n) is 0.336. The van der Waals surface area contributed by atoms with E-state index in [2.05, 4.69) is 0 Å². The highest BCUT2D eigenvalue weighted by molar-refractivity contribution is 5.72. The van der Waals surface area contributed by atoms with Gasteiger partial charge in [-0.05, 0) is 0 Å². The third-order valence-corrected chi connectivity index (χ3v) is 0.949. The number of alkyl halides is 2. The van der Waals surface area contributed by atoms with E-state index in [0.717, 1.165) is 4.90 Å². The number of halogens is 2. The number of amides is 1. The van der Waals surface area contributed by atoms with Gasteiger partial charge in [0, 0.05) is 14.0 Å². The Labute approximate surface area is 52.5 Å². The molecule has 9 heavy (non-hydrogen) atoms. The molecule has 2 nitrogen and oxygen atoms in total. The van der Waals surface area contributed by atoms with E-state index in [9.17, 15) is 13.6 Å². The zero-order chi connectivity index (χ0) is 7.44. The summed E-state index contributed by atoms with van der Waals surface area (Å²) in [6, 6.07) is 0. The lowest BCUT2D eigenvalue weighted by Crippen LogP contribution is -2.28.